The van der Waals surface area contributed by atoms with E-state index in [-0.39, 0.29) is 11.6 Å². The van der Waals surface area contributed by atoms with Gasteiger partial charge in [0, 0.05) is 24.2 Å². The average Bonchev–Trinajstić information content (AvgIpc) is 2.60. The number of benzene rings is 1. The highest BCUT2D eigenvalue weighted by Gasteiger charge is 2.55. The first-order chi connectivity index (χ1) is 12.3. The van der Waals surface area contributed by atoms with Crippen LogP contribution < -0.4 is 0 Å². The lowest BCUT2D eigenvalue weighted by atomic mass is 9.64. The lowest BCUT2D eigenvalue weighted by Crippen LogP contribution is -2.66. The van der Waals surface area contributed by atoms with Crippen LogP contribution in [0.1, 0.15) is 58.1 Å². The van der Waals surface area contributed by atoms with Crippen LogP contribution in [0.5, 0.6) is 0 Å². The molecule has 1 amide bonds. The summed E-state index contributed by atoms with van der Waals surface area (Å²) in [4.78, 5) is 16.6. The van der Waals surface area contributed by atoms with Crippen molar-refractivity contribution >= 4 is 6.09 Å². The second-order valence-electron chi connectivity index (χ2n) is 8.88. The van der Waals surface area contributed by atoms with Crippen LogP contribution in [0, 0.1) is 5.92 Å². The summed E-state index contributed by atoms with van der Waals surface area (Å²) in [6.45, 7) is 11.8. The zero-order valence-corrected chi connectivity index (χ0v) is 16.3. The van der Waals surface area contributed by atoms with Crippen LogP contribution >= 0.6 is 0 Å². The van der Waals surface area contributed by atoms with Crippen LogP contribution in [-0.2, 0) is 0 Å². The summed E-state index contributed by atoms with van der Waals surface area (Å²) < 4.78 is 0. The summed E-state index contributed by atoms with van der Waals surface area (Å²) >= 11 is 0. The maximum atomic E-state index is 12.4. The van der Waals surface area contributed by atoms with E-state index in [0.717, 1.165) is 37.4 Å². The number of nitrogens with zero attached hydrogens (tertiary/aromatic N) is 2. The Morgan fingerprint density at radius 1 is 1.35 bits per heavy atom. The van der Waals surface area contributed by atoms with Crippen molar-refractivity contribution in [2.24, 2.45) is 5.92 Å². The van der Waals surface area contributed by atoms with Crippen LogP contribution in [0.15, 0.2) is 43.0 Å². The summed E-state index contributed by atoms with van der Waals surface area (Å²) in [6.07, 6.45) is 5.60. The van der Waals surface area contributed by atoms with Gasteiger partial charge in [0.1, 0.15) is 0 Å². The Balaban J connectivity index is 2.16. The van der Waals surface area contributed by atoms with Gasteiger partial charge in [0.15, 0.2) is 0 Å². The normalized spacial score (nSPS) is 27.1. The molecule has 26 heavy (non-hydrogen) atoms. The molecule has 4 nitrogen and oxygen atoms in total. The van der Waals surface area contributed by atoms with E-state index in [9.17, 15) is 9.90 Å². The first-order valence-corrected chi connectivity index (χ1v) is 9.73. The maximum absolute atomic E-state index is 12.4. The fourth-order valence-electron chi connectivity index (χ4n) is 5.15. The topological polar surface area (TPSA) is 43.8 Å². The molecule has 2 saturated heterocycles. The second kappa shape index (κ2) is 7.07. The SMILES string of the molecule is C=CCN1CC2CCC1([C@@H](c1ccccc1)N(C(=O)O)C(C)(C)C)CC2. The molecule has 1 atom stereocenters. The number of carboxylic acid groups (broad SMARTS) is 1. The molecule has 1 aliphatic carbocycles. The molecule has 1 saturated carbocycles. The van der Waals surface area contributed by atoms with Gasteiger partial charge in [-0.1, -0.05) is 36.4 Å². The average molecular weight is 357 g/mol. The maximum Gasteiger partial charge on any atom is 0.408 e. The molecule has 0 spiro atoms. The van der Waals surface area contributed by atoms with Gasteiger partial charge in [-0.15, -0.1) is 6.58 Å². The van der Waals surface area contributed by atoms with Gasteiger partial charge in [-0.25, -0.2) is 4.79 Å². The molecule has 4 heteroatoms. The molecule has 0 unspecified atom stereocenters. The van der Waals surface area contributed by atoms with E-state index in [2.05, 4.69) is 23.6 Å². The largest absolute Gasteiger partial charge is 0.465 e. The van der Waals surface area contributed by atoms with E-state index in [1.54, 1.807) is 4.90 Å². The summed E-state index contributed by atoms with van der Waals surface area (Å²) in [5.41, 5.74) is 0.463. The van der Waals surface area contributed by atoms with Crippen LogP contribution in [-0.4, -0.2) is 45.2 Å². The molecule has 1 aromatic carbocycles. The Kier molecular flexibility index (Phi) is 5.16. The van der Waals surface area contributed by atoms with Crippen molar-refractivity contribution in [3.8, 4) is 0 Å². The van der Waals surface area contributed by atoms with Crippen LogP contribution in [0.2, 0.25) is 0 Å². The van der Waals surface area contributed by atoms with Crippen molar-refractivity contribution in [1.29, 1.82) is 0 Å². The second-order valence-corrected chi connectivity index (χ2v) is 8.88. The molecule has 3 fully saturated rings. The van der Waals surface area contributed by atoms with Crippen molar-refractivity contribution in [3.63, 3.8) is 0 Å². The lowest BCUT2D eigenvalue weighted by Gasteiger charge is -2.61. The van der Waals surface area contributed by atoms with Crippen molar-refractivity contribution in [2.75, 3.05) is 13.1 Å². The number of hydrogen-bond acceptors (Lipinski definition) is 2. The van der Waals surface area contributed by atoms with Gasteiger partial charge < -0.3 is 5.11 Å². The van der Waals surface area contributed by atoms with Crippen molar-refractivity contribution in [2.45, 2.75) is 63.6 Å². The minimum absolute atomic E-state index is 0.157. The van der Waals surface area contributed by atoms with Crippen molar-refractivity contribution < 1.29 is 9.90 Å². The Morgan fingerprint density at radius 3 is 2.46 bits per heavy atom. The Morgan fingerprint density at radius 2 is 1.96 bits per heavy atom. The Hall–Kier alpha value is -1.81. The quantitative estimate of drug-likeness (QED) is 0.760. The van der Waals surface area contributed by atoms with Crippen molar-refractivity contribution in [1.82, 2.24) is 9.80 Å². The number of fused-ring (bicyclic) bond motifs is 3. The fourth-order valence-corrected chi connectivity index (χ4v) is 5.15. The molecule has 3 aliphatic rings. The summed E-state index contributed by atoms with van der Waals surface area (Å²) in [6, 6.07) is 10.0. The third-order valence-electron chi connectivity index (χ3n) is 6.24. The zero-order valence-electron chi connectivity index (χ0n) is 16.3. The first-order valence-electron chi connectivity index (χ1n) is 9.73. The molecule has 2 bridgehead atoms. The van der Waals surface area contributed by atoms with E-state index in [4.69, 9.17) is 0 Å². The molecular formula is C22H32N2O2. The van der Waals surface area contributed by atoms with Gasteiger partial charge >= 0.3 is 6.09 Å². The number of piperidine rings is 2. The van der Waals surface area contributed by atoms with Gasteiger partial charge in [-0.05, 0) is 57.9 Å². The monoisotopic (exact) mass is 356 g/mol. The number of amides is 1. The van der Waals surface area contributed by atoms with E-state index in [0.29, 0.717) is 0 Å². The molecule has 4 rings (SSSR count). The van der Waals surface area contributed by atoms with Gasteiger partial charge in [-0.3, -0.25) is 9.80 Å². The summed E-state index contributed by atoms with van der Waals surface area (Å²) in [5.74, 6) is 0.737. The lowest BCUT2D eigenvalue weighted by molar-refractivity contribution is -0.0939. The van der Waals surface area contributed by atoms with Gasteiger partial charge in [0.05, 0.1) is 6.04 Å². The van der Waals surface area contributed by atoms with E-state index >= 15 is 0 Å². The minimum atomic E-state index is -0.841. The van der Waals surface area contributed by atoms with Crippen LogP contribution in [0.25, 0.3) is 0 Å². The Labute approximate surface area is 157 Å². The first kappa shape index (κ1) is 19.0. The highest BCUT2D eigenvalue weighted by molar-refractivity contribution is 5.67. The predicted octanol–water partition coefficient (Wildman–Crippen LogP) is 4.94. The van der Waals surface area contributed by atoms with Gasteiger partial charge in [-0.2, -0.15) is 0 Å². The van der Waals surface area contributed by atoms with E-state index in [1.165, 1.54) is 12.8 Å². The molecule has 2 aliphatic heterocycles. The molecule has 0 aromatic heterocycles. The zero-order chi connectivity index (χ0) is 18.9. The number of hydrogen-bond donors (Lipinski definition) is 1. The molecule has 1 N–H and O–H groups in total. The van der Waals surface area contributed by atoms with Crippen molar-refractivity contribution in [3.05, 3.63) is 48.6 Å². The third kappa shape index (κ3) is 3.27. The van der Waals surface area contributed by atoms with Gasteiger partial charge in [0.25, 0.3) is 0 Å². The summed E-state index contributed by atoms with van der Waals surface area (Å²) in [5, 5.41) is 10.2. The smallest absolute Gasteiger partial charge is 0.408 e. The van der Waals surface area contributed by atoms with Crippen LogP contribution in [0.3, 0.4) is 0 Å². The predicted molar refractivity (Wildman–Crippen MR) is 105 cm³/mol. The molecule has 142 valence electrons. The highest BCUT2D eigenvalue weighted by atomic mass is 16.4. The fraction of sp³-hybridized carbons (Fsp3) is 0.591. The minimum Gasteiger partial charge on any atom is -0.465 e. The van der Waals surface area contributed by atoms with E-state index in [1.807, 2.05) is 45.0 Å². The van der Waals surface area contributed by atoms with Crippen LogP contribution in [0.4, 0.5) is 4.79 Å². The Bertz CT molecular complexity index is 642. The van der Waals surface area contributed by atoms with Gasteiger partial charge in [0.2, 0.25) is 0 Å². The number of rotatable bonds is 5. The standard InChI is InChI=1S/C22H32N2O2/c1-5-15-23-16-17-11-13-22(23,14-12-17)19(18-9-7-6-8-10-18)24(20(25)26)21(2,3)4/h5-10,17,19H,1,11-16H2,2-4H3,(H,25,26)/t17?,19-,22?/m1/s1. The molecule has 0 radical (unpaired) electrons. The van der Waals surface area contributed by atoms with E-state index < -0.39 is 11.6 Å². The molecule has 2 heterocycles. The molecular weight excluding hydrogens is 324 g/mol. The number of carbonyl (C=O) groups is 1. The highest BCUT2D eigenvalue weighted by Crippen LogP contribution is 2.52. The third-order valence-corrected chi connectivity index (χ3v) is 6.24. The summed E-state index contributed by atoms with van der Waals surface area (Å²) in [7, 11) is 0. The molecule has 1 aromatic rings.